The van der Waals surface area contributed by atoms with Crippen molar-refractivity contribution in [2.75, 3.05) is 18.6 Å². The number of nitrogens with two attached hydrogens (primary N) is 2. The van der Waals surface area contributed by atoms with Crippen LogP contribution in [0.4, 0.5) is 11.4 Å². The van der Waals surface area contributed by atoms with Gasteiger partial charge in [-0.2, -0.15) is 0 Å². The molecule has 2 rings (SSSR count). The van der Waals surface area contributed by atoms with Gasteiger partial charge in [-0.3, -0.25) is 0 Å². The van der Waals surface area contributed by atoms with Crippen LogP contribution >= 0.6 is 0 Å². The highest BCUT2D eigenvalue weighted by atomic mass is 16.5. The van der Waals surface area contributed by atoms with Crippen molar-refractivity contribution >= 4 is 11.4 Å². The number of ether oxygens (including phenoxy) is 1. The molecule has 4 N–H and O–H groups in total. The Bertz CT molecular complexity index is 495. The molecule has 0 fully saturated rings. The lowest BCUT2D eigenvalue weighted by atomic mass is 10.0. The third-order valence-electron chi connectivity index (χ3n) is 2.49. The third-order valence-corrected chi connectivity index (χ3v) is 2.49. The van der Waals surface area contributed by atoms with Gasteiger partial charge >= 0.3 is 0 Å². The number of benzene rings is 2. The molecule has 2 aromatic carbocycles. The molecular weight excluding hydrogens is 200 g/mol. The molecular formula is C13H14N2O. The highest BCUT2D eigenvalue weighted by Crippen LogP contribution is 2.33. The quantitative estimate of drug-likeness (QED) is 0.755. The van der Waals surface area contributed by atoms with Gasteiger partial charge in [0.1, 0.15) is 5.75 Å². The fourth-order valence-electron chi connectivity index (χ4n) is 1.66. The van der Waals surface area contributed by atoms with Crippen LogP contribution < -0.4 is 16.2 Å². The first-order valence-corrected chi connectivity index (χ1v) is 5.01. The number of rotatable bonds is 2. The van der Waals surface area contributed by atoms with Gasteiger partial charge in [0.2, 0.25) is 0 Å². The van der Waals surface area contributed by atoms with Gasteiger partial charge in [0.05, 0.1) is 12.8 Å². The summed E-state index contributed by atoms with van der Waals surface area (Å²) in [6, 6.07) is 13.5. The summed E-state index contributed by atoms with van der Waals surface area (Å²) in [4.78, 5) is 0. The summed E-state index contributed by atoms with van der Waals surface area (Å²) in [6.45, 7) is 0. The maximum atomic E-state index is 5.96. The normalized spacial score (nSPS) is 10.1. The van der Waals surface area contributed by atoms with Crippen LogP contribution in [0.25, 0.3) is 11.1 Å². The fourth-order valence-corrected chi connectivity index (χ4v) is 1.66. The van der Waals surface area contributed by atoms with Gasteiger partial charge in [-0.15, -0.1) is 0 Å². The van der Waals surface area contributed by atoms with Crippen molar-refractivity contribution in [3.63, 3.8) is 0 Å². The van der Waals surface area contributed by atoms with Crippen LogP contribution in [0.5, 0.6) is 5.75 Å². The lowest BCUT2D eigenvalue weighted by Gasteiger charge is -2.10. The number of anilines is 2. The third kappa shape index (κ3) is 1.80. The molecule has 0 amide bonds. The van der Waals surface area contributed by atoms with E-state index in [2.05, 4.69) is 0 Å². The Labute approximate surface area is 94.6 Å². The van der Waals surface area contributed by atoms with Crippen LogP contribution in [-0.4, -0.2) is 7.11 Å². The highest BCUT2D eigenvalue weighted by molar-refractivity contribution is 5.81. The lowest BCUT2D eigenvalue weighted by molar-refractivity contribution is 0.417. The number of hydrogen-bond donors (Lipinski definition) is 2. The largest absolute Gasteiger partial charge is 0.495 e. The second-order valence-electron chi connectivity index (χ2n) is 3.55. The van der Waals surface area contributed by atoms with Gasteiger partial charge < -0.3 is 16.2 Å². The zero-order valence-corrected chi connectivity index (χ0v) is 9.10. The number of hydrogen-bond acceptors (Lipinski definition) is 3. The Morgan fingerprint density at radius 3 is 2.25 bits per heavy atom. The van der Waals surface area contributed by atoms with E-state index in [-0.39, 0.29) is 0 Å². The summed E-state index contributed by atoms with van der Waals surface area (Å²) in [5.74, 6) is 0.609. The van der Waals surface area contributed by atoms with E-state index >= 15 is 0 Å². The van der Waals surface area contributed by atoms with Gasteiger partial charge in [0, 0.05) is 17.3 Å². The second kappa shape index (κ2) is 4.14. The molecule has 0 bridgehead atoms. The van der Waals surface area contributed by atoms with Crippen LogP contribution in [0.3, 0.4) is 0 Å². The second-order valence-corrected chi connectivity index (χ2v) is 3.55. The van der Waals surface area contributed by atoms with E-state index in [0.717, 1.165) is 11.1 Å². The average Bonchev–Trinajstić information content (AvgIpc) is 2.32. The minimum Gasteiger partial charge on any atom is -0.495 e. The minimum absolute atomic E-state index is 0.593. The molecule has 0 saturated heterocycles. The van der Waals surface area contributed by atoms with Crippen LogP contribution in [0.2, 0.25) is 0 Å². The van der Waals surface area contributed by atoms with E-state index in [1.807, 2.05) is 36.4 Å². The van der Waals surface area contributed by atoms with Crippen LogP contribution in [0.15, 0.2) is 42.5 Å². The molecule has 0 radical (unpaired) electrons. The van der Waals surface area contributed by atoms with Crippen molar-refractivity contribution in [3.8, 4) is 16.9 Å². The molecule has 0 spiro atoms. The highest BCUT2D eigenvalue weighted by Gasteiger charge is 2.07. The fraction of sp³-hybridized carbons (Fsp3) is 0.0769. The first-order valence-electron chi connectivity index (χ1n) is 5.01. The zero-order valence-electron chi connectivity index (χ0n) is 9.10. The molecule has 0 aliphatic carbocycles. The maximum absolute atomic E-state index is 5.96. The summed E-state index contributed by atoms with van der Waals surface area (Å²) in [5.41, 5.74) is 15.1. The predicted octanol–water partition coefficient (Wildman–Crippen LogP) is 2.53. The molecule has 16 heavy (non-hydrogen) atoms. The molecule has 0 aliphatic rings. The first kappa shape index (κ1) is 10.4. The van der Waals surface area contributed by atoms with Crippen molar-refractivity contribution in [2.24, 2.45) is 0 Å². The van der Waals surface area contributed by atoms with Crippen molar-refractivity contribution in [1.82, 2.24) is 0 Å². The van der Waals surface area contributed by atoms with E-state index in [9.17, 15) is 0 Å². The van der Waals surface area contributed by atoms with E-state index in [1.54, 1.807) is 13.2 Å². The Hall–Kier alpha value is -2.16. The first-order chi connectivity index (χ1) is 7.72. The smallest absolute Gasteiger partial charge is 0.143 e. The minimum atomic E-state index is 0.593. The molecule has 2 aromatic rings. The standard InChI is InChI=1S/C13H14N2O/c1-16-13-8-11(14)10(7-12(13)15)9-5-3-2-4-6-9/h2-8H,14-15H2,1H3. The Morgan fingerprint density at radius 2 is 1.62 bits per heavy atom. The molecule has 0 saturated carbocycles. The number of methoxy groups -OCH3 is 1. The van der Waals surface area contributed by atoms with Crippen LogP contribution in [0, 0.1) is 0 Å². The van der Waals surface area contributed by atoms with Crippen molar-refractivity contribution in [1.29, 1.82) is 0 Å². The van der Waals surface area contributed by atoms with Crippen LogP contribution in [0.1, 0.15) is 0 Å². The van der Waals surface area contributed by atoms with E-state index in [1.165, 1.54) is 0 Å². The van der Waals surface area contributed by atoms with E-state index < -0.39 is 0 Å². The molecule has 0 aromatic heterocycles. The molecule has 3 heteroatoms. The molecule has 0 atom stereocenters. The molecule has 0 heterocycles. The van der Waals surface area contributed by atoms with Gasteiger partial charge in [-0.25, -0.2) is 0 Å². The van der Waals surface area contributed by atoms with Gasteiger partial charge in [0.15, 0.2) is 0 Å². The monoisotopic (exact) mass is 214 g/mol. The van der Waals surface area contributed by atoms with Crippen molar-refractivity contribution < 1.29 is 4.74 Å². The number of nitrogen functional groups attached to an aromatic ring is 2. The predicted molar refractivity (Wildman–Crippen MR) is 67.3 cm³/mol. The summed E-state index contributed by atoms with van der Waals surface area (Å²) in [5, 5.41) is 0. The van der Waals surface area contributed by atoms with Gasteiger partial charge in [-0.05, 0) is 11.6 Å². The topological polar surface area (TPSA) is 61.3 Å². The SMILES string of the molecule is COc1cc(N)c(-c2ccccc2)cc1N. The Kier molecular flexibility index (Phi) is 2.68. The molecule has 3 nitrogen and oxygen atoms in total. The lowest BCUT2D eigenvalue weighted by Crippen LogP contribution is -1.97. The molecule has 0 unspecified atom stereocenters. The van der Waals surface area contributed by atoms with E-state index in [4.69, 9.17) is 16.2 Å². The van der Waals surface area contributed by atoms with Crippen molar-refractivity contribution in [3.05, 3.63) is 42.5 Å². The summed E-state index contributed by atoms with van der Waals surface area (Å²) >= 11 is 0. The zero-order chi connectivity index (χ0) is 11.5. The summed E-state index contributed by atoms with van der Waals surface area (Å²) < 4.78 is 5.11. The summed E-state index contributed by atoms with van der Waals surface area (Å²) in [7, 11) is 1.58. The molecule has 0 aliphatic heterocycles. The van der Waals surface area contributed by atoms with E-state index in [0.29, 0.717) is 17.1 Å². The summed E-state index contributed by atoms with van der Waals surface area (Å²) in [6.07, 6.45) is 0. The van der Waals surface area contributed by atoms with Gasteiger partial charge in [0.25, 0.3) is 0 Å². The van der Waals surface area contributed by atoms with Crippen molar-refractivity contribution in [2.45, 2.75) is 0 Å². The maximum Gasteiger partial charge on any atom is 0.143 e. The molecule has 82 valence electrons. The average molecular weight is 214 g/mol. The van der Waals surface area contributed by atoms with Gasteiger partial charge in [-0.1, -0.05) is 30.3 Å². The Morgan fingerprint density at radius 1 is 0.938 bits per heavy atom. The van der Waals surface area contributed by atoms with Crippen LogP contribution in [-0.2, 0) is 0 Å². The Balaban J connectivity index is 2.55.